The van der Waals surface area contributed by atoms with E-state index in [-0.39, 0.29) is 12.0 Å². The highest BCUT2D eigenvalue weighted by molar-refractivity contribution is 5.34. The zero-order chi connectivity index (χ0) is 14.9. The molecule has 0 fully saturated rings. The van der Waals surface area contributed by atoms with Crippen molar-refractivity contribution in [3.05, 3.63) is 69.8 Å². The molecule has 0 amide bonds. The van der Waals surface area contributed by atoms with Crippen molar-refractivity contribution in [1.82, 2.24) is 0 Å². The molecule has 0 spiro atoms. The third-order valence-electron chi connectivity index (χ3n) is 3.57. The largest absolute Gasteiger partial charge is 0.388 e. The monoisotopic (exact) mass is 276 g/mol. The molecule has 0 heterocycles. The van der Waals surface area contributed by atoms with Crippen LogP contribution in [0.25, 0.3) is 0 Å². The predicted molar refractivity (Wildman–Crippen MR) is 75.7 cm³/mol. The van der Waals surface area contributed by atoms with Gasteiger partial charge in [-0.2, -0.15) is 0 Å². The van der Waals surface area contributed by atoms with Crippen LogP contribution in [0.4, 0.5) is 8.78 Å². The normalized spacial score (nSPS) is 12.5. The molecule has 0 radical (unpaired) electrons. The summed E-state index contributed by atoms with van der Waals surface area (Å²) < 4.78 is 27.8. The van der Waals surface area contributed by atoms with Crippen molar-refractivity contribution < 1.29 is 13.9 Å². The summed E-state index contributed by atoms with van der Waals surface area (Å²) in [4.78, 5) is 0. The van der Waals surface area contributed by atoms with E-state index in [0.29, 0.717) is 5.56 Å². The topological polar surface area (TPSA) is 20.2 Å². The molecular formula is C17H18F2O. The van der Waals surface area contributed by atoms with E-state index in [1.807, 2.05) is 32.0 Å². The summed E-state index contributed by atoms with van der Waals surface area (Å²) in [6, 6.07) is 8.42. The van der Waals surface area contributed by atoms with Gasteiger partial charge in [-0.3, -0.25) is 0 Å². The highest BCUT2D eigenvalue weighted by atomic mass is 19.1. The summed E-state index contributed by atoms with van der Waals surface area (Å²) in [5.41, 5.74) is 3.05. The molecule has 2 aromatic carbocycles. The van der Waals surface area contributed by atoms with Gasteiger partial charge < -0.3 is 5.11 Å². The molecule has 1 N–H and O–H groups in total. The summed E-state index contributed by atoms with van der Waals surface area (Å²) in [7, 11) is 0. The smallest absolute Gasteiger partial charge is 0.134 e. The molecule has 0 bridgehead atoms. The molecule has 20 heavy (non-hydrogen) atoms. The fourth-order valence-electron chi connectivity index (χ4n) is 2.31. The molecule has 2 rings (SSSR count). The van der Waals surface area contributed by atoms with Crippen LogP contribution in [0.1, 0.15) is 33.9 Å². The Morgan fingerprint density at radius 1 is 1.00 bits per heavy atom. The van der Waals surface area contributed by atoms with E-state index < -0.39 is 17.7 Å². The van der Waals surface area contributed by atoms with E-state index in [0.717, 1.165) is 16.7 Å². The molecule has 0 aliphatic heterocycles. The van der Waals surface area contributed by atoms with Crippen molar-refractivity contribution >= 4 is 0 Å². The highest BCUT2D eigenvalue weighted by Gasteiger charge is 2.20. The molecule has 0 aliphatic carbocycles. The van der Waals surface area contributed by atoms with Crippen LogP contribution in [0.3, 0.4) is 0 Å². The second-order valence-electron chi connectivity index (χ2n) is 5.24. The van der Waals surface area contributed by atoms with E-state index in [1.165, 1.54) is 12.1 Å². The SMILES string of the molecule is Cc1ccc(C)c(CC(O)c2c(F)ccc(C)c2F)c1. The molecule has 106 valence electrons. The van der Waals surface area contributed by atoms with Crippen LogP contribution >= 0.6 is 0 Å². The van der Waals surface area contributed by atoms with Gasteiger partial charge in [0.05, 0.1) is 11.7 Å². The van der Waals surface area contributed by atoms with Gasteiger partial charge in [-0.05, 0) is 43.5 Å². The van der Waals surface area contributed by atoms with Crippen LogP contribution in [0.15, 0.2) is 30.3 Å². The summed E-state index contributed by atoms with van der Waals surface area (Å²) in [5.74, 6) is -1.37. The summed E-state index contributed by atoms with van der Waals surface area (Å²) in [6.07, 6.45) is -0.986. The quantitative estimate of drug-likeness (QED) is 0.892. The fourth-order valence-corrected chi connectivity index (χ4v) is 2.31. The Morgan fingerprint density at radius 2 is 1.65 bits per heavy atom. The molecule has 1 atom stereocenters. The zero-order valence-electron chi connectivity index (χ0n) is 11.9. The minimum absolute atomic E-state index is 0.199. The lowest BCUT2D eigenvalue weighted by atomic mass is 9.95. The standard InChI is InChI=1S/C17H18F2O/c1-10-4-5-11(2)13(8-10)9-15(20)16-14(18)7-6-12(3)17(16)19/h4-8,15,20H,9H2,1-3H3. The highest BCUT2D eigenvalue weighted by Crippen LogP contribution is 2.27. The summed E-state index contributed by atoms with van der Waals surface area (Å²) in [6.45, 7) is 5.43. The first-order valence-electron chi connectivity index (χ1n) is 6.59. The molecule has 3 heteroatoms. The van der Waals surface area contributed by atoms with E-state index in [2.05, 4.69) is 0 Å². The Balaban J connectivity index is 2.35. The number of hydrogen-bond acceptors (Lipinski definition) is 1. The van der Waals surface area contributed by atoms with Gasteiger partial charge in [-0.25, -0.2) is 8.78 Å². The van der Waals surface area contributed by atoms with E-state index >= 15 is 0 Å². The first-order chi connectivity index (χ1) is 9.40. The number of aryl methyl sites for hydroxylation is 3. The van der Waals surface area contributed by atoms with E-state index in [4.69, 9.17) is 0 Å². The molecule has 2 aromatic rings. The number of halogens is 2. The lowest BCUT2D eigenvalue weighted by Gasteiger charge is -2.16. The predicted octanol–water partition coefficient (Wildman–Crippen LogP) is 4.17. The van der Waals surface area contributed by atoms with Crippen LogP contribution in [-0.4, -0.2) is 5.11 Å². The Morgan fingerprint density at radius 3 is 2.35 bits per heavy atom. The second kappa shape index (κ2) is 5.71. The molecule has 0 aliphatic rings. The van der Waals surface area contributed by atoms with Crippen molar-refractivity contribution in [1.29, 1.82) is 0 Å². The van der Waals surface area contributed by atoms with Crippen LogP contribution in [-0.2, 0) is 6.42 Å². The maximum absolute atomic E-state index is 14.0. The first kappa shape index (κ1) is 14.7. The maximum Gasteiger partial charge on any atom is 0.134 e. The van der Waals surface area contributed by atoms with Crippen LogP contribution in [0.2, 0.25) is 0 Å². The number of aliphatic hydroxyl groups is 1. The van der Waals surface area contributed by atoms with E-state index in [9.17, 15) is 13.9 Å². The van der Waals surface area contributed by atoms with Gasteiger partial charge in [0.1, 0.15) is 11.6 Å². The third kappa shape index (κ3) is 2.88. The number of benzene rings is 2. The maximum atomic E-state index is 14.0. The lowest BCUT2D eigenvalue weighted by Crippen LogP contribution is -2.09. The Hall–Kier alpha value is -1.74. The van der Waals surface area contributed by atoms with Gasteiger partial charge in [0.2, 0.25) is 0 Å². The molecule has 0 saturated heterocycles. The third-order valence-corrected chi connectivity index (χ3v) is 3.57. The van der Waals surface area contributed by atoms with Gasteiger partial charge in [0.15, 0.2) is 0 Å². The molecular weight excluding hydrogens is 258 g/mol. The Labute approximate surface area is 117 Å². The Bertz CT molecular complexity index is 635. The first-order valence-corrected chi connectivity index (χ1v) is 6.59. The summed E-state index contributed by atoms with van der Waals surface area (Å²) in [5, 5.41) is 10.2. The summed E-state index contributed by atoms with van der Waals surface area (Å²) >= 11 is 0. The van der Waals surface area contributed by atoms with Gasteiger partial charge in [-0.15, -0.1) is 0 Å². The van der Waals surface area contributed by atoms with Crippen molar-refractivity contribution in [3.63, 3.8) is 0 Å². The lowest BCUT2D eigenvalue weighted by molar-refractivity contribution is 0.168. The fraction of sp³-hybridized carbons (Fsp3) is 0.294. The van der Waals surface area contributed by atoms with Crippen molar-refractivity contribution in [2.45, 2.75) is 33.3 Å². The number of hydrogen-bond donors (Lipinski definition) is 1. The van der Waals surface area contributed by atoms with Crippen LogP contribution < -0.4 is 0 Å². The van der Waals surface area contributed by atoms with Gasteiger partial charge in [0, 0.05) is 6.42 Å². The Kier molecular flexibility index (Phi) is 4.19. The van der Waals surface area contributed by atoms with Crippen LogP contribution in [0.5, 0.6) is 0 Å². The molecule has 1 nitrogen and oxygen atoms in total. The second-order valence-corrected chi connectivity index (χ2v) is 5.24. The van der Waals surface area contributed by atoms with Crippen molar-refractivity contribution in [3.8, 4) is 0 Å². The molecule has 0 aromatic heterocycles. The number of aliphatic hydroxyl groups excluding tert-OH is 1. The zero-order valence-corrected chi connectivity index (χ0v) is 11.9. The van der Waals surface area contributed by atoms with Crippen LogP contribution in [0, 0.1) is 32.4 Å². The minimum Gasteiger partial charge on any atom is -0.388 e. The average molecular weight is 276 g/mol. The minimum atomic E-state index is -1.18. The molecule has 1 unspecified atom stereocenters. The molecule has 0 saturated carbocycles. The number of rotatable bonds is 3. The van der Waals surface area contributed by atoms with Crippen molar-refractivity contribution in [2.75, 3.05) is 0 Å². The van der Waals surface area contributed by atoms with Gasteiger partial charge in [-0.1, -0.05) is 29.8 Å². The average Bonchev–Trinajstić information content (AvgIpc) is 2.39. The van der Waals surface area contributed by atoms with Gasteiger partial charge in [0.25, 0.3) is 0 Å². The van der Waals surface area contributed by atoms with Gasteiger partial charge >= 0.3 is 0 Å². The van der Waals surface area contributed by atoms with Crippen molar-refractivity contribution in [2.24, 2.45) is 0 Å². The van der Waals surface area contributed by atoms with E-state index in [1.54, 1.807) is 6.92 Å².